The minimum Gasteiger partial charge on any atom is -0.308 e. The van der Waals surface area contributed by atoms with Crippen molar-refractivity contribution in [3.8, 4) is 0 Å². The van der Waals surface area contributed by atoms with Gasteiger partial charge in [-0.25, -0.2) is 4.79 Å². The Balaban J connectivity index is 1.85. The van der Waals surface area contributed by atoms with Crippen LogP contribution in [-0.4, -0.2) is 23.2 Å². The molecule has 3 rings (SSSR count). The Kier molecular flexibility index (Phi) is 6.94. The van der Waals surface area contributed by atoms with E-state index in [1.165, 1.54) is 22.3 Å². The summed E-state index contributed by atoms with van der Waals surface area (Å²) in [6.07, 6.45) is 0. The lowest BCUT2D eigenvalue weighted by Crippen LogP contribution is -2.35. The maximum absolute atomic E-state index is 13.3. The number of carbonyl (C=O) groups excluding carboxylic acids is 1. The van der Waals surface area contributed by atoms with Crippen LogP contribution in [0.5, 0.6) is 0 Å². The van der Waals surface area contributed by atoms with Gasteiger partial charge in [0.25, 0.3) is 0 Å². The molecular weight excluding hydrogens is 376 g/mol. The van der Waals surface area contributed by atoms with Crippen molar-refractivity contribution in [2.45, 2.75) is 64.7 Å². The van der Waals surface area contributed by atoms with Crippen LogP contribution in [0.1, 0.15) is 86.9 Å². The predicted molar refractivity (Wildman–Crippen MR) is 126 cm³/mol. The molecule has 2 aromatic carbocycles. The van der Waals surface area contributed by atoms with Crippen molar-refractivity contribution >= 4 is 23.5 Å². The summed E-state index contributed by atoms with van der Waals surface area (Å²) in [5, 5.41) is 3.36. The van der Waals surface area contributed by atoms with Gasteiger partial charge in [0.1, 0.15) is 5.37 Å². The number of amides is 2. The molecular formula is C25H34N2OS. The summed E-state index contributed by atoms with van der Waals surface area (Å²) in [6, 6.07) is 15.1. The van der Waals surface area contributed by atoms with E-state index in [2.05, 4.69) is 89.3 Å². The molecule has 0 aliphatic carbocycles. The van der Waals surface area contributed by atoms with E-state index < -0.39 is 0 Å². The molecule has 0 radical (unpaired) electrons. The van der Waals surface area contributed by atoms with E-state index in [4.69, 9.17) is 0 Å². The first-order valence-electron chi connectivity index (χ1n) is 10.7. The summed E-state index contributed by atoms with van der Waals surface area (Å²) in [5.41, 5.74) is 5.94. The molecule has 0 spiro atoms. The van der Waals surface area contributed by atoms with Crippen molar-refractivity contribution in [1.29, 1.82) is 0 Å². The van der Waals surface area contributed by atoms with Crippen LogP contribution in [0.4, 0.5) is 10.5 Å². The molecule has 2 aromatic rings. The van der Waals surface area contributed by atoms with Crippen LogP contribution < -0.4 is 5.32 Å². The van der Waals surface area contributed by atoms with E-state index >= 15 is 0 Å². The van der Waals surface area contributed by atoms with E-state index in [0.29, 0.717) is 17.8 Å². The zero-order chi connectivity index (χ0) is 21.1. The highest BCUT2D eigenvalue weighted by Crippen LogP contribution is 2.39. The summed E-state index contributed by atoms with van der Waals surface area (Å²) in [7, 11) is 0. The number of benzene rings is 2. The first-order valence-corrected chi connectivity index (χ1v) is 11.8. The van der Waals surface area contributed by atoms with Crippen LogP contribution >= 0.6 is 11.8 Å². The van der Waals surface area contributed by atoms with Crippen molar-refractivity contribution in [3.63, 3.8) is 0 Å². The van der Waals surface area contributed by atoms with Crippen molar-refractivity contribution < 1.29 is 4.79 Å². The lowest BCUT2D eigenvalue weighted by atomic mass is 9.93. The molecule has 1 saturated heterocycles. The van der Waals surface area contributed by atoms with Gasteiger partial charge >= 0.3 is 6.03 Å². The fourth-order valence-corrected chi connectivity index (χ4v) is 5.13. The van der Waals surface area contributed by atoms with Crippen molar-refractivity contribution in [2.24, 2.45) is 0 Å². The minimum atomic E-state index is 0.00272. The van der Waals surface area contributed by atoms with Gasteiger partial charge in [-0.2, -0.15) is 0 Å². The van der Waals surface area contributed by atoms with Gasteiger partial charge in [0.15, 0.2) is 0 Å². The monoisotopic (exact) mass is 410 g/mol. The van der Waals surface area contributed by atoms with Crippen molar-refractivity contribution in [1.82, 2.24) is 4.90 Å². The number of nitrogens with zero attached hydrogens (tertiary/aromatic N) is 1. The maximum atomic E-state index is 13.3. The first-order chi connectivity index (χ1) is 13.8. The van der Waals surface area contributed by atoms with E-state index in [1.807, 2.05) is 16.7 Å². The molecule has 1 atom stereocenters. The predicted octanol–water partition coefficient (Wildman–Crippen LogP) is 7.34. The molecule has 0 saturated carbocycles. The Morgan fingerprint density at radius 3 is 2.03 bits per heavy atom. The number of urea groups is 1. The Hall–Kier alpha value is -1.94. The number of para-hydroxylation sites is 1. The van der Waals surface area contributed by atoms with Gasteiger partial charge in [-0.1, -0.05) is 84.0 Å². The lowest BCUT2D eigenvalue weighted by molar-refractivity contribution is 0.214. The van der Waals surface area contributed by atoms with Gasteiger partial charge in [-0.3, -0.25) is 0 Å². The molecule has 1 unspecified atom stereocenters. The summed E-state index contributed by atoms with van der Waals surface area (Å²) in [5.74, 6) is 2.20. The Bertz CT molecular complexity index is 816. The van der Waals surface area contributed by atoms with Gasteiger partial charge in [-0.15, -0.1) is 11.8 Å². The van der Waals surface area contributed by atoms with E-state index in [9.17, 15) is 4.79 Å². The van der Waals surface area contributed by atoms with Crippen LogP contribution in [0.25, 0.3) is 0 Å². The number of anilines is 1. The zero-order valence-electron chi connectivity index (χ0n) is 18.5. The van der Waals surface area contributed by atoms with Crippen LogP contribution in [0, 0.1) is 0 Å². The van der Waals surface area contributed by atoms with Gasteiger partial charge in [0.2, 0.25) is 0 Å². The fourth-order valence-electron chi connectivity index (χ4n) is 3.87. The molecule has 2 amide bonds. The highest BCUT2D eigenvalue weighted by atomic mass is 32.2. The standard InChI is InChI=1S/C25H34N2OS/c1-16(2)19-10-12-20(13-11-19)24-27(14-15-29-24)25(28)26-23-21(17(3)4)8-7-9-22(23)18(5)6/h7-13,16-18,24H,14-15H2,1-6H3,(H,26,28). The number of carbonyl (C=O) groups is 1. The molecule has 1 aliphatic heterocycles. The smallest absolute Gasteiger partial charge is 0.308 e. The summed E-state index contributed by atoms with van der Waals surface area (Å²) < 4.78 is 0. The largest absolute Gasteiger partial charge is 0.323 e. The lowest BCUT2D eigenvalue weighted by Gasteiger charge is -2.27. The van der Waals surface area contributed by atoms with Crippen molar-refractivity contribution in [3.05, 3.63) is 64.7 Å². The van der Waals surface area contributed by atoms with E-state index in [0.717, 1.165) is 18.0 Å². The topological polar surface area (TPSA) is 32.3 Å². The highest BCUT2D eigenvalue weighted by Gasteiger charge is 2.31. The molecule has 1 fully saturated rings. The van der Waals surface area contributed by atoms with Gasteiger partial charge in [-0.05, 0) is 40.0 Å². The maximum Gasteiger partial charge on any atom is 0.323 e. The molecule has 4 heteroatoms. The van der Waals surface area contributed by atoms with Crippen molar-refractivity contribution in [2.75, 3.05) is 17.6 Å². The first kappa shape index (κ1) is 21.8. The minimum absolute atomic E-state index is 0.00272. The number of hydrogen-bond acceptors (Lipinski definition) is 2. The van der Waals surface area contributed by atoms with E-state index in [-0.39, 0.29) is 11.4 Å². The third kappa shape index (κ3) is 4.80. The van der Waals surface area contributed by atoms with E-state index in [1.54, 1.807) is 0 Å². The quantitative estimate of drug-likeness (QED) is 0.559. The third-order valence-electron chi connectivity index (χ3n) is 5.65. The zero-order valence-corrected chi connectivity index (χ0v) is 19.3. The normalized spacial score (nSPS) is 16.9. The fraction of sp³-hybridized carbons (Fsp3) is 0.480. The van der Waals surface area contributed by atoms with Crippen LogP contribution in [0.15, 0.2) is 42.5 Å². The van der Waals surface area contributed by atoms with Gasteiger partial charge < -0.3 is 10.2 Å². The number of rotatable bonds is 5. The average Bonchev–Trinajstić information content (AvgIpc) is 3.17. The van der Waals surface area contributed by atoms with Crippen LogP contribution in [0.3, 0.4) is 0 Å². The summed E-state index contributed by atoms with van der Waals surface area (Å²) >= 11 is 1.84. The molecule has 29 heavy (non-hydrogen) atoms. The van der Waals surface area contributed by atoms with Crippen LogP contribution in [0.2, 0.25) is 0 Å². The molecule has 1 heterocycles. The summed E-state index contributed by atoms with van der Waals surface area (Å²) in [4.78, 5) is 15.3. The number of thioether (sulfide) groups is 1. The van der Waals surface area contributed by atoms with Crippen LogP contribution in [-0.2, 0) is 0 Å². The highest BCUT2D eigenvalue weighted by molar-refractivity contribution is 7.99. The molecule has 0 aromatic heterocycles. The molecule has 0 bridgehead atoms. The third-order valence-corrected chi connectivity index (χ3v) is 6.91. The Morgan fingerprint density at radius 2 is 1.52 bits per heavy atom. The molecule has 156 valence electrons. The number of nitrogens with one attached hydrogen (secondary N) is 1. The molecule has 3 nitrogen and oxygen atoms in total. The Labute approximate surface area is 180 Å². The Morgan fingerprint density at radius 1 is 0.931 bits per heavy atom. The summed E-state index contributed by atoms with van der Waals surface area (Å²) in [6.45, 7) is 13.9. The second kappa shape index (κ2) is 9.25. The molecule has 1 N–H and O–H groups in total. The second-order valence-electron chi connectivity index (χ2n) is 8.79. The molecule has 1 aliphatic rings. The SMILES string of the molecule is CC(C)c1ccc(C2SCCN2C(=O)Nc2c(C(C)C)cccc2C(C)C)cc1. The average molecular weight is 411 g/mol. The van der Waals surface area contributed by atoms with Gasteiger partial charge in [0, 0.05) is 18.0 Å². The number of hydrogen-bond donors (Lipinski definition) is 1. The van der Waals surface area contributed by atoms with Gasteiger partial charge in [0.05, 0.1) is 0 Å². The second-order valence-corrected chi connectivity index (χ2v) is 9.98.